The number of hydrogen-bond donors (Lipinski definition) is 2. The number of carbonyl (C=O) groups is 1. The molecular weight excluding hydrogens is 340 g/mol. The van der Waals surface area contributed by atoms with Crippen molar-refractivity contribution in [2.45, 2.75) is 38.6 Å². The molecule has 1 fully saturated rings. The van der Waals surface area contributed by atoms with Crippen molar-refractivity contribution >= 4 is 33.9 Å². The molecule has 7 nitrogen and oxygen atoms in total. The quantitative estimate of drug-likeness (QED) is 0.578. The van der Waals surface area contributed by atoms with E-state index >= 15 is 0 Å². The topological polar surface area (TPSA) is 88.5 Å². The third kappa shape index (κ3) is 2.66. The van der Waals surface area contributed by atoms with Crippen molar-refractivity contribution in [1.29, 1.82) is 0 Å². The van der Waals surface area contributed by atoms with E-state index in [0.29, 0.717) is 23.2 Å². The number of nitrogens with one attached hydrogen (secondary N) is 2. The normalized spacial score (nSPS) is 15.0. The van der Waals surface area contributed by atoms with Crippen LogP contribution in [-0.4, -0.2) is 30.6 Å². The zero-order chi connectivity index (χ0) is 18.4. The molecule has 0 spiro atoms. The monoisotopic (exact) mass is 360 g/mol. The third-order valence-corrected chi connectivity index (χ3v) is 5.37. The summed E-state index contributed by atoms with van der Waals surface area (Å²) in [6.07, 6.45) is 6.21. The van der Waals surface area contributed by atoms with E-state index in [1.165, 1.54) is 12.8 Å². The number of aryl methyl sites for hydroxylation is 1. The van der Waals surface area contributed by atoms with Crippen molar-refractivity contribution in [3.63, 3.8) is 0 Å². The molecule has 3 heterocycles. The zero-order valence-electron chi connectivity index (χ0n) is 15.1. The van der Waals surface area contributed by atoms with Gasteiger partial charge in [0.05, 0.1) is 16.6 Å². The highest BCUT2D eigenvalue weighted by atomic mass is 16.1. The number of fused-ring (bicyclic) bond motifs is 2. The van der Waals surface area contributed by atoms with Gasteiger partial charge in [-0.3, -0.25) is 15.2 Å². The minimum Gasteiger partial charge on any atom is -0.307 e. The summed E-state index contributed by atoms with van der Waals surface area (Å²) in [4.78, 5) is 21.9. The molecule has 1 aliphatic carbocycles. The van der Waals surface area contributed by atoms with Gasteiger partial charge in [0.1, 0.15) is 0 Å². The van der Waals surface area contributed by atoms with E-state index in [1.807, 2.05) is 31.2 Å². The Balaban J connectivity index is 1.54. The largest absolute Gasteiger partial charge is 0.307 e. The average molecular weight is 360 g/mol. The van der Waals surface area contributed by atoms with E-state index in [2.05, 4.69) is 36.1 Å². The summed E-state index contributed by atoms with van der Waals surface area (Å²) in [5.41, 5.74) is 3.97. The second-order valence-electron chi connectivity index (χ2n) is 7.13. The van der Waals surface area contributed by atoms with Crippen LogP contribution in [0.1, 0.15) is 47.8 Å². The maximum absolute atomic E-state index is 12.9. The van der Waals surface area contributed by atoms with Gasteiger partial charge in [0.15, 0.2) is 5.65 Å². The number of benzene rings is 1. The Bertz CT molecular complexity index is 1150. The number of H-pyrrole nitrogens is 1. The van der Waals surface area contributed by atoms with Gasteiger partial charge in [0, 0.05) is 23.3 Å². The summed E-state index contributed by atoms with van der Waals surface area (Å²) in [5, 5.41) is 10.9. The standard InChI is InChI=1S/C20H20N6O/c1-12-15-10-13(11-21-18(15)25-24-12)19(27)23-20-22-16-8-4-5-9-17(16)26(20)14-6-2-3-7-14/h4-5,8-11,14H,2-3,6-7H2,1H3,(H,21,24,25)(H,22,23,27). The minimum absolute atomic E-state index is 0.209. The van der Waals surface area contributed by atoms with E-state index in [1.54, 1.807) is 6.20 Å². The number of aromatic amines is 1. The van der Waals surface area contributed by atoms with Crippen molar-refractivity contribution in [3.8, 4) is 0 Å². The summed E-state index contributed by atoms with van der Waals surface area (Å²) < 4.78 is 2.19. The average Bonchev–Trinajstić information content (AvgIpc) is 3.40. The van der Waals surface area contributed by atoms with Gasteiger partial charge in [-0.15, -0.1) is 0 Å². The molecule has 1 aliphatic rings. The lowest BCUT2D eigenvalue weighted by molar-refractivity contribution is 0.102. The molecule has 2 N–H and O–H groups in total. The first-order valence-corrected chi connectivity index (χ1v) is 9.30. The zero-order valence-corrected chi connectivity index (χ0v) is 15.1. The van der Waals surface area contributed by atoms with E-state index in [0.717, 1.165) is 35.0 Å². The van der Waals surface area contributed by atoms with Gasteiger partial charge in [0.25, 0.3) is 5.91 Å². The highest BCUT2D eigenvalue weighted by Crippen LogP contribution is 2.35. The maximum Gasteiger partial charge on any atom is 0.259 e. The van der Waals surface area contributed by atoms with Gasteiger partial charge in [-0.05, 0) is 38.0 Å². The van der Waals surface area contributed by atoms with Crippen LogP contribution in [0.5, 0.6) is 0 Å². The fraction of sp³-hybridized carbons (Fsp3) is 0.300. The SMILES string of the molecule is Cc1[nH]nc2ncc(C(=O)Nc3nc4ccccc4n3C3CCCC3)cc12. The number of imidazole rings is 1. The molecular formula is C20H20N6O. The second-order valence-corrected chi connectivity index (χ2v) is 7.13. The van der Waals surface area contributed by atoms with E-state index in [9.17, 15) is 4.79 Å². The van der Waals surface area contributed by atoms with Crippen molar-refractivity contribution in [3.05, 3.63) is 47.8 Å². The Kier molecular flexibility index (Phi) is 3.67. The third-order valence-electron chi connectivity index (χ3n) is 5.37. The Labute approximate surface area is 155 Å². The molecule has 0 bridgehead atoms. The molecule has 0 atom stereocenters. The lowest BCUT2D eigenvalue weighted by atomic mass is 10.2. The molecule has 27 heavy (non-hydrogen) atoms. The van der Waals surface area contributed by atoms with Crippen LogP contribution in [0.3, 0.4) is 0 Å². The first-order chi connectivity index (χ1) is 13.2. The molecule has 4 aromatic rings. The predicted molar refractivity (Wildman–Crippen MR) is 104 cm³/mol. The number of aromatic nitrogens is 5. The highest BCUT2D eigenvalue weighted by molar-refractivity contribution is 6.05. The summed E-state index contributed by atoms with van der Waals surface area (Å²) >= 11 is 0. The van der Waals surface area contributed by atoms with Crippen molar-refractivity contribution in [2.75, 3.05) is 5.32 Å². The van der Waals surface area contributed by atoms with Gasteiger partial charge in [-0.2, -0.15) is 5.10 Å². The number of para-hydroxylation sites is 2. The van der Waals surface area contributed by atoms with E-state index < -0.39 is 0 Å². The van der Waals surface area contributed by atoms with Gasteiger partial charge in [0.2, 0.25) is 5.95 Å². The molecule has 0 saturated heterocycles. The number of rotatable bonds is 3. The van der Waals surface area contributed by atoms with E-state index in [-0.39, 0.29) is 5.91 Å². The first-order valence-electron chi connectivity index (χ1n) is 9.30. The fourth-order valence-electron chi connectivity index (χ4n) is 3.98. The molecule has 1 aromatic carbocycles. The van der Waals surface area contributed by atoms with Crippen LogP contribution >= 0.6 is 0 Å². The van der Waals surface area contributed by atoms with Gasteiger partial charge in [-0.1, -0.05) is 25.0 Å². The molecule has 136 valence electrons. The van der Waals surface area contributed by atoms with Crippen molar-refractivity contribution in [1.82, 2.24) is 24.7 Å². The lowest BCUT2D eigenvalue weighted by Gasteiger charge is -2.16. The van der Waals surface area contributed by atoms with Crippen LogP contribution in [0, 0.1) is 6.92 Å². The smallest absolute Gasteiger partial charge is 0.259 e. The number of nitrogens with zero attached hydrogens (tertiary/aromatic N) is 4. The Morgan fingerprint density at radius 3 is 2.93 bits per heavy atom. The molecule has 3 aromatic heterocycles. The van der Waals surface area contributed by atoms with Crippen LogP contribution in [0.15, 0.2) is 36.5 Å². The van der Waals surface area contributed by atoms with Crippen LogP contribution < -0.4 is 5.32 Å². The van der Waals surface area contributed by atoms with Gasteiger partial charge in [-0.25, -0.2) is 9.97 Å². The molecule has 7 heteroatoms. The Morgan fingerprint density at radius 1 is 1.26 bits per heavy atom. The number of carbonyl (C=O) groups excluding carboxylic acids is 1. The van der Waals surface area contributed by atoms with Crippen LogP contribution in [0.2, 0.25) is 0 Å². The number of hydrogen-bond acceptors (Lipinski definition) is 4. The molecule has 0 aliphatic heterocycles. The Hall–Kier alpha value is -3.22. The molecule has 1 amide bonds. The number of pyridine rings is 1. The van der Waals surface area contributed by atoms with Crippen LogP contribution in [0.4, 0.5) is 5.95 Å². The maximum atomic E-state index is 12.9. The number of anilines is 1. The summed E-state index contributed by atoms with van der Waals surface area (Å²) in [6.45, 7) is 1.91. The predicted octanol–water partition coefficient (Wildman–Crippen LogP) is 3.98. The lowest BCUT2D eigenvalue weighted by Crippen LogP contribution is -2.18. The van der Waals surface area contributed by atoms with Crippen molar-refractivity contribution < 1.29 is 4.79 Å². The highest BCUT2D eigenvalue weighted by Gasteiger charge is 2.24. The van der Waals surface area contributed by atoms with Gasteiger partial charge >= 0.3 is 0 Å². The van der Waals surface area contributed by atoms with Crippen molar-refractivity contribution in [2.24, 2.45) is 0 Å². The first kappa shape index (κ1) is 16.0. The summed E-state index contributed by atoms with van der Waals surface area (Å²) in [6, 6.07) is 10.2. The fourth-order valence-corrected chi connectivity index (χ4v) is 3.98. The van der Waals surface area contributed by atoms with Crippen LogP contribution in [-0.2, 0) is 0 Å². The minimum atomic E-state index is -0.209. The Morgan fingerprint density at radius 2 is 2.07 bits per heavy atom. The molecule has 0 unspecified atom stereocenters. The van der Waals surface area contributed by atoms with E-state index in [4.69, 9.17) is 0 Å². The second kappa shape index (κ2) is 6.19. The summed E-state index contributed by atoms with van der Waals surface area (Å²) in [7, 11) is 0. The van der Waals surface area contributed by atoms with Crippen LogP contribution in [0.25, 0.3) is 22.1 Å². The summed E-state index contributed by atoms with van der Waals surface area (Å²) in [5.74, 6) is 0.400. The molecule has 0 radical (unpaired) electrons. The van der Waals surface area contributed by atoms with Gasteiger partial charge < -0.3 is 4.57 Å². The number of amides is 1. The molecule has 5 rings (SSSR count). The molecule has 1 saturated carbocycles.